The van der Waals surface area contributed by atoms with E-state index in [0.717, 1.165) is 11.1 Å². The fraction of sp³-hybridized carbons (Fsp3) is 0.455. The van der Waals surface area contributed by atoms with E-state index in [9.17, 15) is 14.5 Å². The molecule has 0 aliphatic heterocycles. The Labute approximate surface area is 198 Å². The van der Waals surface area contributed by atoms with Crippen LogP contribution in [-0.2, 0) is 20.6 Å². The lowest BCUT2D eigenvalue weighted by atomic mass is 10.1. The third-order valence-electron chi connectivity index (χ3n) is 5.40. The smallest absolute Gasteiger partial charge is 0.323 e. The molecule has 0 saturated heterocycles. The summed E-state index contributed by atoms with van der Waals surface area (Å²) in [7, 11) is -3.50. The van der Waals surface area contributed by atoms with Gasteiger partial charge in [0.05, 0.1) is 19.0 Å². The number of aliphatic carboxylic acids is 1. The third-order valence-corrected chi connectivity index (χ3v) is 7.64. The molecule has 3 atom stereocenters. The Morgan fingerprint density at radius 2 is 1.91 bits per heavy atom. The van der Waals surface area contributed by atoms with Crippen LogP contribution in [0.4, 0.5) is 5.82 Å². The highest BCUT2D eigenvalue weighted by molar-refractivity contribution is 7.59. The Morgan fingerprint density at radius 1 is 1.24 bits per heavy atom. The molecule has 0 radical (unpaired) electrons. The number of benzene rings is 1. The zero-order valence-electron chi connectivity index (χ0n) is 20.0. The van der Waals surface area contributed by atoms with Crippen LogP contribution in [0.15, 0.2) is 36.9 Å². The summed E-state index contributed by atoms with van der Waals surface area (Å²) in [5.41, 5.74) is 7.52. The first-order valence-electron chi connectivity index (χ1n) is 10.9. The molecule has 12 heteroatoms. The van der Waals surface area contributed by atoms with Crippen LogP contribution in [0.2, 0.25) is 0 Å². The average Bonchev–Trinajstić information content (AvgIpc) is 3.16. The number of hydrogen-bond donors (Lipinski definition) is 4. The molecular formula is C22H32N7O4P. The summed E-state index contributed by atoms with van der Waals surface area (Å²) in [6, 6.07) is 7.52. The molecule has 0 aliphatic carbocycles. The van der Waals surface area contributed by atoms with Crippen LogP contribution >= 0.6 is 7.44 Å². The fourth-order valence-corrected chi connectivity index (χ4v) is 5.88. The Bertz CT molecular complexity index is 1200. The predicted octanol–water partition coefficient (Wildman–Crippen LogP) is 3.08. The number of ether oxygens (including phenoxy) is 1. The van der Waals surface area contributed by atoms with Crippen LogP contribution in [0.25, 0.3) is 11.2 Å². The average molecular weight is 490 g/mol. The van der Waals surface area contributed by atoms with E-state index in [2.05, 4.69) is 25.1 Å². The molecule has 184 valence electrons. The van der Waals surface area contributed by atoms with Gasteiger partial charge in [0.2, 0.25) is 7.44 Å². The summed E-state index contributed by atoms with van der Waals surface area (Å²) in [6.45, 7) is 8.99. The van der Waals surface area contributed by atoms with Gasteiger partial charge in [-0.15, -0.1) is 0 Å². The standard InChI is InChI=1S/C22H32N7O4P/c1-14-6-8-17(9-7-14)16(3)27-34(32,28-22(4,5)21(30)31)13-33-15(2)10-29-12-26-18-19(23)24-11-25-20(18)29/h6-9,11-12,15-16H,10,13H2,1-5H3,(H,30,31)(H2,23,24,25)(H2,27,28,32)/t15-,16+,34?/m0/s1. The topological polar surface area (TPSA) is 157 Å². The van der Waals surface area contributed by atoms with Crippen molar-refractivity contribution in [1.82, 2.24) is 29.7 Å². The maximum absolute atomic E-state index is 13.9. The maximum Gasteiger partial charge on any atom is 0.323 e. The lowest BCUT2D eigenvalue weighted by Gasteiger charge is -2.32. The van der Waals surface area contributed by atoms with Crippen molar-refractivity contribution in [3.8, 4) is 0 Å². The van der Waals surface area contributed by atoms with E-state index in [1.807, 2.05) is 45.0 Å². The summed E-state index contributed by atoms with van der Waals surface area (Å²) in [5.74, 6) is -0.830. The van der Waals surface area contributed by atoms with Crippen LogP contribution in [-0.4, -0.2) is 48.6 Å². The number of nitrogens with zero attached hydrogens (tertiary/aromatic N) is 4. The van der Waals surface area contributed by atoms with Crippen molar-refractivity contribution in [1.29, 1.82) is 0 Å². The number of hydrogen-bond acceptors (Lipinski definition) is 7. The fourth-order valence-electron chi connectivity index (χ4n) is 3.44. The largest absolute Gasteiger partial charge is 0.480 e. The van der Waals surface area contributed by atoms with E-state index in [1.54, 1.807) is 10.9 Å². The monoisotopic (exact) mass is 489 g/mol. The third kappa shape index (κ3) is 6.18. The molecule has 0 spiro atoms. The van der Waals surface area contributed by atoms with Gasteiger partial charge in [-0.3, -0.25) is 9.36 Å². The SMILES string of the molecule is Cc1ccc([C@@H](C)NP(=O)(CO[C@@H](C)Cn2cnc3c(N)ncnc32)NC(C)(C)C(=O)O)cc1. The molecule has 5 N–H and O–H groups in total. The molecular weight excluding hydrogens is 457 g/mol. The number of carboxylic acids is 1. The number of imidazole rings is 1. The normalized spacial score (nSPS) is 15.7. The van der Waals surface area contributed by atoms with Gasteiger partial charge in [-0.2, -0.15) is 0 Å². The molecule has 2 heterocycles. The Morgan fingerprint density at radius 3 is 2.56 bits per heavy atom. The number of carbonyl (C=O) groups is 1. The van der Waals surface area contributed by atoms with Crippen molar-refractivity contribution in [3.05, 3.63) is 48.0 Å². The number of fused-ring (bicyclic) bond motifs is 1. The minimum Gasteiger partial charge on any atom is -0.480 e. The summed E-state index contributed by atoms with van der Waals surface area (Å²) < 4.78 is 21.6. The summed E-state index contributed by atoms with van der Waals surface area (Å²) >= 11 is 0. The van der Waals surface area contributed by atoms with Crippen LogP contribution in [0.1, 0.15) is 44.9 Å². The molecule has 0 fully saturated rings. The molecule has 1 unspecified atom stereocenters. The molecule has 1 aromatic carbocycles. The number of rotatable bonds is 11. The van der Waals surface area contributed by atoms with Crippen molar-refractivity contribution >= 4 is 30.4 Å². The lowest BCUT2D eigenvalue weighted by molar-refractivity contribution is -0.142. The van der Waals surface area contributed by atoms with Crippen molar-refractivity contribution in [2.45, 2.75) is 58.8 Å². The van der Waals surface area contributed by atoms with Gasteiger partial charge < -0.3 is 20.1 Å². The number of carboxylic acid groups (broad SMARTS) is 1. The number of anilines is 1. The second-order valence-corrected chi connectivity index (χ2v) is 11.2. The van der Waals surface area contributed by atoms with Gasteiger partial charge in [0.25, 0.3) is 0 Å². The first kappa shape index (κ1) is 25.8. The van der Waals surface area contributed by atoms with Crippen LogP contribution < -0.4 is 15.9 Å². The lowest BCUT2D eigenvalue weighted by Crippen LogP contribution is -2.47. The predicted molar refractivity (Wildman–Crippen MR) is 130 cm³/mol. The molecule has 11 nitrogen and oxygen atoms in total. The first-order chi connectivity index (χ1) is 15.9. The number of nitrogen functional groups attached to an aromatic ring is 1. The summed E-state index contributed by atoms with van der Waals surface area (Å²) in [4.78, 5) is 24.1. The van der Waals surface area contributed by atoms with E-state index < -0.39 is 19.0 Å². The molecule has 0 aliphatic rings. The number of nitrogens with one attached hydrogen (secondary N) is 2. The van der Waals surface area contributed by atoms with Gasteiger partial charge in [0.1, 0.15) is 23.7 Å². The number of aromatic nitrogens is 4. The van der Waals surface area contributed by atoms with Crippen molar-refractivity contribution in [2.75, 3.05) is 12.1 Å². The second-order valence-electron chi connectivity index (χ2n) is 8.98. The van der Waals surface area contributed by atoms with Crippen LogP contribution in [0.5, 0.6) is 0 Å². The zero-order chi connectivity index (χ0) is 25.1. The highest BCUT2D eigenvalue weighted by Gasteiger charge is 2.37. The minimum absolute atomic E-state index is 0.217. The molecule has 34 heavy (non-hydrogen) atoms. The van der Waals surface area contributed by atoms with E-state index in [4.69, 9.17) is 10.5 Å². The van der Waals surface area contributed by atoms with E-state index >= 15 is 0 Å². The van der Waals surface area contributed by atoms with Crippen LogP contribution in [0.3, 0.4) is 0 Å². The van der Waals surface area contributed by atoms with Gasteiger partial charge in [-0.25, -0.2) is 25.1 Å². The van der Waals surface area contributed by atoms with E-state index in [1.165, 1.54) is 20.2 Å². The maximum atomic E-state index is 13.9. The van der Waals surface area contributed by atoms with E-state index in [-0.39, 0.29) is 24.3 Å². The van der Waals surface area contributed by atoms with Crippen molar-refractivity contribution in [2.24, 2.45) is 0 Å². The highest BCUT2D eigenvalue weighted by atomic mass is 31.2. The van der Waals surface area contributed by atoms with Gasteiger partial charge in [0.15, 0.2) is 11.5 Å². The quantitative estimate of drug-likeness (QED) is 0.295. The van der Waals surface area contributed by atoms with Crippen LogP contribution in [0, 0.1) is 6.92 Å². The second kappa shape index (κ2) is 10.2. The van der Waals surface area contributed by atoms with E-state index in [0.29, 0.717) is 17.7 Å². The summed E-state index contributed by atoms with van der Waals surface area (Å²) in [5, 5.41) is 15.5. The Hall–Kier alpha value is -2.85. The Kier molecular flexibility index (Phi) is 7.72. The minimum atomic E-state index is -3.50. The van der Waals surface area contributed by atoms with Gasteiger partial charge in [0, 0.05) is 6.04 Å². The molecule has 0 bridgehead atoms. The molecule has 0 saturated carbocycles. The first-order valence-corrected chi connectivity index (χ1v) is 12.8. The molecule has 0 amide bonds. The number of nitrogens with two attached hydrogens (primary N) is 1. The van der Waals surface area contributed by atoms with Gasteiger partial charge >= 0.3 is 5.97 Å². The number of aryl methyl sites for hydroxylation is 1. The van der Waals surface area contributed by atoms with Crippen molar-refractivity contribution < 1.29 is 19.2 Å². The highest BCUT2D eigenvalue weighted by Crippen LogP contribution is 2.42. The molecule has 3 rings (SSSR count). The van der Waals surface area contributed by atoms with Crippen molar-refractivity contribution in [3.63, 3.8) is 0 Å². The molecule has 3 aromatic rings. The van der Waals surface area contributed by atoms with Gasteiger partial charge in [-0.1, -0.05) is 29.8 Å². The summed E-state index contributed by atoms with van der Waals surface area (Å²) in [6.07, 6.45) is 2.36. The zero-order valence-corrected chi connectivity index (χ0v) is 20.9. The van der Waals surface area contributed by atoms with Gasteiger partial charge in [-0.05, 0) is 40.2 Å². The molecule has 2 aromatic heterocycles. The Balaban J connectivity index is 1.74.